The molecule has 0 aromatic heterocycles. The number of hydrogen-bond donors (Lipinski definition) is 2. The van der Waals surface area contributed by atoms with Gasteiger partial charge in [-0.25, -0.2) is 0 Å². The summed E-state index contributed by atoms with van der Waals surface area (Å²) < 4.78 is 11.7. The number of rotatable bonds is 5. The molecule has 0 saturated carbocycles. The van der Waals surface area contributed by atoms with Gasteiger partial charge in [-0.2, -0.15) is 0 Å². The molecule has 2 aliphatic rings. The molecule has 1 atom stereocenters. The summed E-state index contributed by atoms with van der Waals surface area (Å²) >= 11 is 0. The van der Waals surface area contributed by atoms with Crippen LogP contribution in [0.1, 0.15) is 43.9 Å². The number of benzene rings is 3. The Kier molecular flexibility index (Phi) is 5.78. The lowest BCUT2D eigenvalue weighted by Crippen LogP contribution is -2.31. The normalized spacial score (nSPS) is 18.7. The molecule has 0 fully saturated rings. The number of nitrogens with one attached hydrogen (secondary N) is 2. The van der Waals surface area contributed by atoms with E-state index < -0.39 is 0 Å². The first-order valence-corrected chi connectivity index (χ1v) is 11.7. The van der Waals surface area contributed by atoms with Crippen molar-refractivity contribution >= 4 is 17.2 Å². The average molecular weight is 455 g/mol. The van der Waals surface area contributed by atoms with Gasteiger partial charge in [-0.15, -0.1) is 0 Å². The van der Waals surface area contributed by atoms with E-state index in [2.05, 4.69) is 24.5 Å². The van der Waals surface area contributed by atoms with E-state index in [0.29, 0.717) is 24.5 Å². The van der Waals surface area contributed by atoms with Crippen molar-refractivity contribution in [2.24, 2.45) is 5.41 Å². The number of fused-ring (bicyclic) bond motifs is 1. The molecule has 174 valence electrons. The third-order valence-corrected chi connectivity index (χ3v) is 6.48. The molecule has 5 nitrogen and oxygen atoms in total. The summed E-state index contributed by atoms with van der Waals surface area (Å²) in [7, 11) is 1.64. The van der Waals surface area contributed by atoms with Crippen LogP contribution >= 0.6 is 0 Å². The van der Waals surface area contributed by atoms with Crippen LogP contribution in [0, 0.1) is 5.41 Å². The van der Waals surface area contributed by atoms with Gasteiger partial charge in [0.05, 0.1) is 24.5 Å². The molecule has 0 radical (unpaired) electrons. The highest BCUT2D eigenvalue weighted by atomic mass is 16.5. The predicted octanol–water partition coefficient (Wildman–Crippen LogP) is 6.50. The first kappa shape index (κ1) is 22.1. The maximum atomic E-state index is 13.4. The minimum atomic E-state index is -0.285. The topological polar surface area (TPSA) is 59.6 Å². The van der Waals surface area contributed by atoms with Gasteiger partial charge < -0.3 is 20.1 Å². The molecule has 34 heavy (non-hydrogen) atoms. The van der Waals surface area contributed by atoms with Gasteiger partial charge in [-0.3, -0.25) is 4.79 Å². The van der Waals surface area contributed by atoms with E-state index in [9.17, 15) is 4.79 Å². The number of Topliss-reactive ketones (excluding diaryl/α,β-unsaturated/α-hetero) is 1. The van der Waals surface area contributed by atoms with Crippen LogP contribution in [0.3, 0.4) is 0 Å². The fourth-order valence-electron chi connectivity index (χ4n) is 4.86. The Balaban J connectivity index is 1.52. The zero-order valence-corrected chi connectivity index (χ0v) is 19.9. The molecule has 5 heteroatoms. The lowest BCUT2D eigenvalue weighted by molar-refractivity contribution is -0.118. The molecule has 5 rings (SSSR count). The molecule has 0 spiro atoms. The van der Waals surface area contributed by atoms with Crippen molar-refractivity contribution in [3.8, 4) is 11.5 Å². The number of para-hydroxylation sites is 2. The monoisotopic (exact) mass is 454 g/mol. The molecule has 1 heterocycles. The van der Waals surface area contributed by atoms with Gasteiger partial charge in [0.25, 0.3) is 0 Å². The lowest BCUT2D eigenvalue weighted by atomic mass is 9.73. The second kappa shape index (κ2) is 8.90. The first-order valence-electron chi connectivity index (χ1n) is 11.7. The Bertz CT molecular complexity index is 1250. The van der Waals surface area contributed by atoms with E-state index in [1.807, 2.05) is 72.8 Å². The molecule has 0 bridgehead atoms. The Labute approximate surface area is 200 Å². The minimum Gasteiger partial charge on any atom is -0.493 e. The zero-order chi connectivity index (χ0) is 23.7. The van der Waals surface area contributed by atoms with Gasteiger partial charge in [-0.1, -0.05) is 62.4 Å². The number of ketones is 1. The van der Waals surface area contributed by atoms with E-state index in [1.165, 1.54) is 0 Å². The predicted molar refractivity (Wildman–Crippen MR) is 135 cm³/mol. The third kappa shape index (κ3) is 4.38. The average Bonchev–Trinajstić information content (AvgIpc) is 2.99. The Morgan fingerprint density at radius 3 is 2.41 bits per heavy atom. The standard InChI is InChI=1S/C29H30N2O3/c1-29(2)16-23-27(24(32)17-29)28(31-22-12-8-7-11-21(22)30-23)20-13-14-25(26(15-20)33-3)34-18-19-9-5-4-6-10-19/h4-15,28,30-31H,16-18H2,1-3H3/t28-/m0/s1. The van der Waals surface area contributed by atoms with Gasteiger partial charge in [0.2, 0.25) is 0 Å². The van der Waals surface area contributed by atoms with Gasteiger partial charge in [0.15, 0.2) is 17.3 Å². The Morgan fingerprint density at radius 2 is 1.65 bits per heavy atom. The molecule has 1 aliphatic carbocycles. The Hall–Kier alpha value is -3.73. The fraction of sp³-hybridized carbons (Fsp3) is 0.276. The number of methoxy groups -OCH3 is 1. The van der Waals surface area contributed by atoms with E-state index in [-0.39, 0.29) is 17.2 Å². The smallest absolute Gasteiger partial charge is 0.163 e. The molecular weight excluding hydrogens is 424 g/mol. The quantitative estimate of drug-likeness (QED) is 0.461. The molecule has 3 aromatic carbocycles. The van der Waals surface area contributed by atoms with Crippen molar-refractivity contribution in [1.29, 1.82) is 0 Å². The van der Waals surface area contributed by atoms with E-state index >= 15 is 0 Å². The molecule has 0 amide bonds. The summed E-state index contributed by atoms with van der Waals surface area (Å²) in [4.78, 5) is 13.4. The maximum absolute atomic E-state index is 13.4. The van der Waals surface area contributed by atoms with E-state index in [4.69, 9.17) is 9.47 Å². The van der Waals surface area contributed by atoms with Crippen molar-refractivity contribution in [2.45, 2.75) is 39.3 Å². The van der Waals surface area contributed by atoms with Crippen molar-refractivity contribution in [3.05, 3.63) is 95.2 Å². The largest absolute Gasteiger partial charge is 0.493 e. The summed E-state index contributed by atoms with van der Waals surface area (Å²) in [5.74, 6) is 1.49. The molecule has 0 saturated heterocycles. The lowest BCUT2D eigenvalue weighted by Gasteiger charge is -2.34. The highest BCUT2D eigenvalue weighted by molar-refractivity contribution is 6.01. The maximum Gasteiger partial charge on any atom is 0.163 e. The van der Waals surface area contributed by atoms with Crippen LogP contribution in [-0.2, 0) is 11.4 Å². The third-order valence-electron chi connectivity index (χ3n) is 6.48. The van der Waals surface area contributed by atoms with Gasteiger partial charge >= 0.3 is 0 Å². The van der Waals surface area contributed by atoms with Crippen LogP contribution in [0.4, 0.5) is 11.4 Å². The highest BCUT2D eigenvalue weighted by Gasteiger charge is 2.38. The fourth-order valence-corrected chi connectivity index (χ4v) is 4.86. The highest BCUT2D eigenvalue weighted by Crippen LogP contribution is 2.46. The number of anilines is 2. The summed E-state index contributed by atoms with van der Waals surface area (Å²) in [5, 5.41) is 7.19. The second-order valence-electron chi connectivity index (χ2n) is 9.77. The summed E-state index contributed by atoms with van der Waals surface area (Å²) in [6, 6.07) is 23.8. The number of ether oxygens (including phenoxy) is 2. The van der Waals surface area contributed by atoms with Crippen LogP contribution in [-0.4, -0.2) is 12.9 Å². The van der Waals surface area contributed by atoms with Gasteiger partial charge in [0, 0.05) is 17.7 Å². The molecule has 2 N–H and O–H groups in total. The minimum absolute atomic E-state index is 0.0838. The molecule has 3 aromatic rings. The first-order chi connectivity index (χ1) is 16.4. The summed E-state index contributed by atoms with van der Waals surface area (Å²) in [5.41, 5.74) is 5.71. The van der Waals surface area contributed by atoms with Crippen LogP contribution < -0.4 is 20.1 Å². The van der Waals surface area contributed by atoms with Crippen LogP contribution in [0.25, 0.3) is 0 Å². The van der Waals surface area contributed by atoms with Crippen LogP contribution in [0.5, 0.6) is 11.5 Å². The second-order valence-corrected chi connectivity index (χ2v) is 9.77. The molecular formula is C29H30N2O3. The van der Waals surface area contributed by atoms with E-state index in [0.717, 1.165) is 40.2 Å². The van der Waals surface area contributed by atoms with Gasteiger partial charge in [-0.05, 0) is 47.2 Å². The van der Waals surface area contributed by atoms with Crippen LogP contribution in [0.2, 0.25) is 0 Å². The van der Waals surface area contributed by atoms with Crippen molar-refractivity contribution in [1.82, 2.24) is 0 Å². The molecule has 0 unspecified atom stereocenters. The number of carbonyl (C=O) groups is 1. The summed E-state index contributed by atoms with van der Waals surface area (Å²) in [6.45, 7) is 4.76. The van der Waals surface area contributed by atoms with E-state index in [1.54, 1.807) is 7.11 Å². The summed E-state index contributed by atoms with van der Waals surface area (Å²) in [6.07, 6.45) is 1.34. The van der Waals surface area contributed by atoms with Crippen molar-refractivity contribution < 1.29 is 14.3 Å². The zero-order valence-electron chi connectivity index (χ0n) is 19.9. The Morgan fingerprint density at radius 1 is 0.912 bits per heavy atom. The van der Waals surface area contributed by atoms with Crippen molar-refractivity contribution in [2.75, 3.05) is 17.7 Å². The number of carbonyl (C=O) groups excluding carboxylic acids is 1. The SMILES string of the molecule is COc1cc([C@@H]2Nc3ccccc3NC3=C2C(=O)CC(C)(C)C3)ccc1OCc1ccccc1. The number of allylic oxidation sites excluding steroid dienone is 1. The molecule has 1 aliphatic heterocycles. The number of hydrogen-bond acceptors (Lipinski definition) is 5. The van der Waals surface area contributed by atoms with Crippen molar-refractivity contribution in [3.63, 3.8) is 0 Å². The van der Waals surface area contributed by atoms with Crippen LogP contribution in [0.15, 0.2) is 84.1 Å². The van der Waals surface area contributed by atoms with Gasteiger partial charge in [0.1, 0.15) is 6.61 Å².